The molecule has 0 aromatic rings. The summed E-state index contributed by atoms with van der Waals surface area (Å²) >= 11 is 0. The van der Waals surface area contributed by atoms with Gasteiger partial charge in [0.2, 0.25) is 5.91 Å². The molecule has 2 rings (SSSR count). The molecule has 3 heteroatoms. The summed E-state index contributed by atoms with van der Waals surface area (Å²) in [6, 6.07) is 2.58. The molecule has 1 amide bonds. The van der Waals surface area contributed by atoms with Gasteiger partial charge in [-0.2, -0.15) is 5.26 Å². The van der Waals surface area contributed by atoms with Crippen molar-refractivity contribution in [2.45, 2.75) is 64.8 Å². The van der Waals surface area contributed by atoms with E-state index >= 15 is 0 Å². The summed E-state index contributed by atoms with van der Waals surface area (Å²) in [5.41, 5.74) is -0.732. The Hall–Kier alpha value is -1.04. The van der Waals surface area contributed by atoms with E-state index in [2.05, 4.69) is 25.2 Å². The predicted octanol–water partition coefficient (Wildman–Crippen LogP) is 3.01. The van der Waals surface area contributed by atoms with Gasteiger partial charge in [0.05, 0.1) is 6.07 Å². The minimum atomic E-state index is -0.732. The van der Waals surface area contributed by atoms with Crippen molar-refractivity contribution in [1.29, 1.82) is 5.26 Å². The molecule has 3 nitrogen and oxygen atoms in total. The van der Waals surface area contributed by atoms with Crippen LogP contribution < -0.4 is 5.32 Å². The van der Waals surface area contributed by atoms with Crippen molar-refractivity contribution in [1.82, 2.24) is 5.32 Å². The zero-order valence-electron chi connectivity index (χ0n) is 11.5. The summed E-state index contributed by atoms with van der Waals surface area (Å²) in [4.78, 5) is 12.4. The highest BCUT2D eigenvalue weighted by atomic mass is 16.2. The van der Waals surface area contributed by atoms with E-state index in [1.54, 1.807) is 0 Å². The van der Waals surface area contributed by atoms with Gasteiger partial charge in [0.25, 0.3) is 0 Å². The van der Waals surface area contributed by atoms with E-state index in [0.29, 0.717) is 11.8 Å². The molecule has 0 bridgehead atoms. The number of nitrogens with one attached hydrogen (secondary N) is 1. The van der Waals surface area contributed by atoms with E-state index in [1.807, 2.05) is 0 Å². The normalized spacial score (nSPS) is 34.8. The Bertz CT molecular complexity index is 352. The van der Waals surface area contributed by atoms with Crippen LogP contribution in [0.15, 0.2) is 0 Å². The van der Waals surface area contributed by atoms with Crippen LogP contribution in [0.3, 0.4) is 0 Å². The second kappa shape index (κ2) is 5.30. The Kier molecular flexibility index (Phi) is 3.94. The molecule has 1 N–H and O–H groups in total. The molecule has 0 spiro atoms. The van der Waals surface area contributed by atoms with Crippen LogP contribution in [0.1, 0.15) is 58.8 Å². The van der Waals surface area contributed by atoms with Crippen molar-refractivity contribution in [3.05, 3.63) is 0 Å². The standard InChI is InChI=1S/C15H24N2O/c1-11-6-7-13(12(11)2)17-14(18)15(10-16)8-4-3-5-9-15/h11-13H,3-9H2,1-2H3,(H,17,18). The van der Waals surface area contributed by atoms with Gasteiger partial charge >= 0.3 is 0 Å². The smallest absolute Gasteiger partial charge is 0.240 e. The first-order chi connectivity index (χ1) is 8.59. The number of hydrogen-bond donors (Lipinski definition) is 1. The van der Waals surface area contributed by atoms with Crippen LogP contribution in [0.4, 0.5) is 0 Å². The summed E-state index contributed by atoms with van der Waals surface area (Å²) in [7, 11) is 0. The second-order valence-corrected chi connectivity index (χ2v) is 6.25. The van der Waals surface area contributed by atoms with E-state index in [1.165, 1.54) is 6.42 Å². The number of amides is 1. The Morgan fingerprint density at radius 2 is 1.89 bits per heavy atom. The molecule has 0 radical (unpaired) electrons. The van der Waals surface area contributed by atoms with Gasteiger partial charge in [-0.05, 0) is 37.5 Å². The molecule has 0 aromatic heterocycles. The number of nitriles is 1. The van der Waals surface area contributed by atoms with E-state index in [9.17, 15) is 10.1 Å². The summed E-state index contributed by atoms with van der Waals surface area (Å²) in [5.74, 6) is 1.21. The first kappa shape index (κ1) is 13.4. The molecule has 0 saturated heterocycles. The maximum atomic E-state index is 12.4. The summed E-state index contributed by atoms with van der Waals surface area (Å²) in [6.07, 6.45) is 6.92. The number of carbonyl (C=O) groups excluding carboxylic acids is 1. The topological polar surface area (TPSA) is 52.9 Å². The number of rotatable bonds is 2. The lowest BCUT2D eigenvalue weighted by molar-refractivity contribution is -0.130. The first-order valence-corrected chi connectivity index (χ1v) is 7.31. The quantitative estimate of drug-likeness (QED) is 0.816. The van der Waals surface area contributed by atoms with Gasteiger partial charge in [0, 0.05) is 6.04 Å². The average Bonchev–Trinajstić information content (AvgIpc) is 2.71. The third-order valence-corrected chi connectivity index (χ3v) is 5.14. The Morgan fingerprint density at radius 3 is 2.39 bits per heavy atom. The van der Waals surface area contributed by atoms with Crippen molar-refractivity contribution in [2.24, 2.45) is 17.3 Å². The van der Waals surface area contributed by atoms with Crippen LogP contribution in [-0.2, 0) is 4.79 Å². The molecule has 2 aliphatic rings. The minimum Gasteiger partial charge on any atom is -0.352 e. The molecule has 18 heavy (non-hydrogen) atoms. The highest BCUT2D eigenvalue weighted by Crippen LogP contribution is 2.37. The molecule has 0 heterocycles. The van der Waals surface area contributed by atoms with Gasteiger partial charge in [0.1, 0.15) is 5.41 Å². The molecule has 100 valence electrons. The molecule has 0 aromatic carbocycles. The fourth-order valence-corrected chi connectivity index (χ4v) is 3.42. The highest BCUT2D eigenvalue weighted by Gasteiger charge is 2.42. The van der Waals surface area contributed by atoms with Crippen LogP contribution in [0, 0.1) is 28.6 Å². The van der Waals surface area contributed by atoms with Gasteiger partial charge < -0.3 is 5.32 Å². The van der Waals surface area contributed by atoms with Crippen LogP contribution in [0.25, 0.3) is 0 Å². The Balaban J connectivity index is 2.00. The largest absolute Gasteiger partial charge is 0.352 e. The lowest BCUT2D eigenvalue weighted by Gasteiger charge is -2.31. The average molecular weight is 248 g/mol. The summed E-state index contributed by atoms with van der Waals surface area (Å²) in [6.45, 7) is 4.46. The zero-order valence-corrected chi connectivity index (χ0v) is 11.5. The summed E-state index contributed by atoms with van der Waals surface area (Å²) in [5, 5.41) is 12.6. The summed E-state index contributed by atoms with van der Waals surface area (Å²) < 4.78 is 0. The van der Waals surface area contributed by atoms with E-state index in [-0.39, 0.29) is 11.9 Å². The van der Waals surface area contributed by atoms with E-state index < -0.39 is 5.41 Å². The van der Waals surface area contributed by atoms with Crippen LogP contribution in [-0.4, -0.2) is 11.9 Å². The van der Waals surface area contributed by atoms with E-state index in [4.69, 9.17) is 0 Å². The minimum absolute atomic E-state index is 0.00403. The highest BCUT2D eigenvalue weighted by molar-refractivity contribution is 5.85. The molecule has 2 aliphatic carbocycles. The fraction of sp³-hybridized carbons (Fsp3) is 0.867. The third-order valence-electron chi connectivity index (χ3n) is 5.14. The first-order valence-electron chi connectivity index (χ1n) is 7.31. The molecule has 2 saturated carbocycles. The number of carbonyl (C=O) groups is 1. The van der Waals surface area contributed by atoms with Crippen molar-refractivity contribution >= 4 is 5.91 Å². The lowest BCUT2D eigenvalue weighted by atomic mass is 9.74. The second-order valence-electron chi connectivity index (χ2n) is 6.25. The van der Waals surface area contributed by atoms with Crippen molar-refractivity contribution < 1.29 is 4.79 Å². The lowest BCUT2D eigenvalue weighted by Crippen LogP contribution is -2.47. The molecule has 2 fully saturated rings. The van der Waals surface area contributed by atoms with Gasteiger partial charge in [-0.3, -0.25) is 4.79 Å². The Labute approximate surface area is 110 Å². The van der Waals surface area contributed by atoms with Gasteiger partial charge in [-0.1, -0.05) is 33.1 Å². The maximum Gasteiger partial charge on any atom is 0.240 e. The van der Waals surface area contributed by atoms with Crippen molar-refractivity contribution in [3.8, 4) is 6.07 Å². The third kappa shape index (κ3) is 2.39. The van der Waals surface area contributed by atoms with Crippen molar-refractivity contribution in [2.75, 3.05) is 0 Å². The van der Waals surface area contributed by atoms with Crippen LogP contribution in [0.2, 0.25) is 0 Å². The predicted molar refractivity (Wildman–Crippen MR) is 70.6 cm³/mol. The fourth-order valence-electron chi connectivity index (χ4n) is 3.42. The zero-order chi connectivity index (χ0) is 13.2. The number of hydrogen-bond acceptors (Lipinski definition) is 2. The molecular formula is C15H24N2O. The SMILES string of the molecule is CC1CCC(NC(=O)C2(C#N)CCCCC2)C1C. The van der Waals surface area contributed by atoms with E-state index in [0.717, 1.165) is 38.5 Å². The van der Waals surface area contributed by atoms with Gasteiger partial charge in [-0.25, -0.2) is 0 Å². The van der Waals surface area contributed by atoms with Gasteiger partial charge in [0.15, 0.2) is 0 Å². The van der Waals surface area contributed by atoms with Gasteiger partial charge in [-0.15, -0.1) is 0 Å². The molecule has 0 aliphatic heterocycles. The van der Waals surface area contributed by atoms with Crippen molar-refractivity contribution in [3.63, 3.8) is 0 Å². The Morgan fingerprint density at radius 1 is 1.22 bits per heavy atom. The molecular weight excluding hydrogens is 224 g/mol. The monoisotopic (exact) mass is 248 g/mol. The molecule has 3 atom stereocenters. The molecule has 3 unspecified atom stereocenters. The van der Waals surface area contributed by atoms with Crippen LogP contribution in [0.5, 0.6) is 0 Å². The van der Waals surface area contributed by atoms with Crippen LogP contribution >= 0.6 is 0 Å². The number of nitrogens with zero attached hydrogens (tertiary/aromatic N) is 1. The maximum absolute atomic E-state index is 12.4.